The van der Waals surface area contributed by atoms with Crippen molar-refractivity contribution in [2.24, 2.45) is 0 Å². The quantitative estimate of drug-likeness (QED) is 0.743. The third-order valence-electron chi connectivity index (χ3n) is 2.47. The van der Waals surface area contributed by atoms with Crippen LogP contribution in [0.4, 0.5) is 8.78 Å². The Morgan fingerprint density at radius 1 is 1.33 bits per heavy atom. The molecule has 0 aromatic heterocycles. The Labute approximate surface area is 88.3 Å². The molecule has 0 spiro atoms. The molecular weight excluding hydrogens is 196 g/mol. The first-order valence-electron chi connectivity index (χ1n) is 4.99. The molecule has 0 aliphatic rings. The molecule has 0 saturated heterocycles. The van der Waals surface area contributed by atoms with Crippen molar-refractivity contribution in [3.63, 3.8) is 0 Å². The van der Waals surface area contributed by atoms with Crippen molar-refractivity contribution in [1.29, 1.82) is 5.26 Å². The highest BCUT2D eigenvalue weighted by Crippen LogP contribution is 2.24. The average molecular weight is 209 g/mol. The predicted octanol–water partition coefficient (Wildman–Crippen LogP) is 3.74. The number of halogens is 2. The third-order valence-corrected chi connectivity index (χ3v) is 2.47. The molecule has 0 amide bonds. The van der Waals surface area contributed by atoms with Crippen molar-refractivity contribution in [2.75, 3.05) is 0 Å². The first kappa shape index (κ1) is 11.6. The lowest BCUT2D eigenvalue weighted by Gasteiger charge is -2.11. The maximum absolute atomic E-state index is 13.2. The molecule has 15 heavy (non-hydrogen) atoms. The minimum atomic E-state index is -0.768. The normalized spacial score (nSPS) is 12.2. The Hall–Kier alpha value is -1.43. The molecular formula is C12H13F2N. The zero-order valence-corrected chi connectivity index (χ0v) is 8.85. The number of benzene rings is 1. The molecule has 0 saturated carbocycles. The third kappa shape index (κ3) is 2.53. The molecule has 1 aromatic carbocycles. The summed E-state index contributed by atoms with van der Waals surface area (Å²) in [5.74, 6) is -1.42. The van der Waals surface area contributed by atoms with Gasteiger partial charge in [-0.3, -0.25) is 0 Å². The van der Waals surface area contributed by atoms with Crippen LogP contribution in [0.5, 0.6) is 0 Å². The van der Waals surface area contributed by atoms with E-state index < -0.39 is 17.2 Å². The van der Waals surface area contributed by atoms with Crippen molar-refractivity contribution < 1.29 is 8.78 Å². The highest BCUT2D eigenvalue weighted by molar-refractivity contribution is 5.36. The monoisotopic (exact) mass is 209 g/mol. The highest BCUT2D eigenvalue weighted by Gasteiger charge is 2.13. The second-order valence-electron chi connectivity index (χ2n) is 3.66. The molecule has 1 aromatic rings. The van der Waals surface area contributed by atoms with E-state index in [1.807, 2.05) is 13.8 Å². The van der Waals surface area contributed by atoms with Gasteiger partial charge in [0.2, 0.25) is 0 Å². The summed E-state index contributed by atoms with van der Waals surface area (Å²) in [7, 11) is 0. The standard InChI is InChI=1S/C12H13F2N/c1-3-4-8(2)9-5-11(13)10(7-15)12(14)6-9/h5-6,8H,3-4H2,1-2H3. The number of nitrogens with zero attached hydrogens (tertiary/aromatic N) is 1. The van der Waals surface area contributed by atoms with E-state index in [0.29, 0.717) is 5.56 Å². The van der Waals surface area contributed by atoms with E-state index in [1.165, 1.54) is 18.2 Å². The van der Waals surface area contributed by atoms with Crippen LogP contribution >= 0.6 is 0 Å². The molecule has 0 aliphatic carbocycles. The van der Waals surface area contributed by atoms with Gasteiger partial charge in [0, 0.05) is 0 Å². The van der Waals surface area contributed by atoms with E-state index >= 15 is 0 Å². The zero-order valence-electron chi connectivity index (χ0n) is 8.85. The van der Waals surface area contributed by atoms with E-state index in [2.05, 4.69) is 0 Å². The molecule has 0 N–H and O–H groups in total. The van der Waals surface area contributed by atoms with Crippen LogP contribution in [0.15, 0.2) is 12.1 Å². The van der Waals surface area contributed by atoms with Gasteiger partial charge in [-0.25, -0.2) is 8.78 Å². The van der Waals surface area contributed by atoms with Crippen LogP contribution in [0.1, 0.15) is 43.7 Å². The number of hydrogen-bond acceptors (Lipinski definition) is 1. The lowest BCUT2D eigenvalue weighted by molar-refractivity contribution is 0.564. The van der Waals surface area contributed by atoms with Gasteiger partial charge < -0.3 is 0 Å². The molecule has 1 unspecified atom stereocenters. The second-order valence-corrected chi connectivity index (χ2v) is 3.66. The summed E-state index contributed by atoms with van der Waals surface area (Å²) in [6.07, 6.45) is 1.84. The highest BCUT2D eigenvalue weighted by atomic mass is 19.1. The lowest BCUT2D eigenvalue weighted by Crippen LogP contribution is -1.98. The maximum Gasteiger partial charge on any atom is 0.144 e. The number of rotatable bonds is 3. The summed E-state index contributed by atoms with van der Waals surface area (Å²) in [6.45, 7) is 3.94. The summed E-state index contributed by atoms with van der Waals surface area (Å²) in [5.41, 5.74) is 0.119. The van der Waals surface area contributed by atoms with Crippen LogP contribution in [0, 0.1) is 23.0 Å². The second kappa shape index (κ2) is 4.88. The van der Waals surface area contributed by atoms with Gasteiger partial charge in [0.1, 0.15) is 23.3 Å². The molecule has 0 fully saturated rings. The Balaban J connectivity index is 3.09. The topological polar surface area (TPSA) is 23.8 Å². The van der Waals surface area contributed by atoms with Crippen molar-refractivity contribution >= 4 is 0 Å². The van der Waals surface area contributed by atoms with Gasteiger partial charge >= 0.3 is 0 Å². The van der Waals surface area contributed by atoms with E-state index in [1.54, 1.807) is 0 Å². The molecule has 0 bridgehead atoms. The summed E-state index contributed by atoms with van der Waals surface area (Å²) >= 11 is 0. The minimum absolute atomic E-state index is 0.117. The molecule has 1 rings (SSSR count). The van der Waals surface area contributed by atoms with Crippen molar-refractivity contribution in [3.8, 4) is 6.07 Å². The van der Waals surface area contributed by atoms with Crippen LogP contribution < -0.4 is 0 Å². The van der Waals surface area contributed by atoms with Gasteiger partial charge in [-0.15, -0.1) is 0 Å². The Morgan fingerprint density at radius 2 is 1.87 bits per heavy atom. The van der Waals surface area contributed by atoms with Crippen molar-refractivity contribution in [3.05, 3.63) is 34.9 Å². The molecule has 80 valence electrons. The molecule has 1 atom stereocenters. The Bertz CT molecular complexity index is 370. The van der Waals surface area contributed by atoms with Gasteiger partial charge in [0.05, 0.1) is 0 Å². The Morgan fingerprint density at radius 3 is 2.27 bits per heavy atom. The molecule has 0 aliphatic heterocycles. The number of nitriles is 1. The Kier molecular flexibility index (Phi) is 3.79. The first-order valence-corrected chi connectivity index (χ1v) is 4.99. The van der Waals surface area contributed by atoms with E-state index in [9.17, 15) is 8.78 Å². The fraction of sp³-hybridized carbons (Fsp3) is 0.417. The smallest absolute Gasteiger partial charge is 0.144 e. The predicted molar refractivity (Wildman–Crippen MR) is 54.4 cm³/mol. The largest absolute Gasteiger partial charge is 0.205 e. The lowest BCUT2D eigenvalue weighted by atomic mass is 9.95. The van der Waals surface area contributed by atoms with Crippen LogP contribution in [-0.4, -0.2) is 0 Å². The minimum Gasteiger partial charge on any atom is -0.205 e. The van der Waals surface area contributed by atoms with Crippen LogP contribution in [0.2, 0.25) is 0 Å². The van der Waals surface area contributed by atoms with Crippen molar-refractivity contribution in [2.45, 2.75) is 32.6 Å². The van der Waals surface area contributed by atoms with E-state index in [-0.39, 0.29) is 5.92 Å². The zero-order chi connectivity index (χ0) is 11.4. The summed E-state index contributed by atoms with van der Waals surface area (Å²) in [5, 5.41) is 8.50. The summed E-state index contributed by atoms with van der Waals surface area (Å²) in [6, 6.07) is 4.02. The SMILES string of the molecule is CCCC(C)c1cc(F)c(C#N)c(F)c1. The van der Waals surface area contributed by atoms with Gasteiger partial charge in [0.25, 0.3) is 0 Å². The first-order chi connectivity index (χ1) is 7.10. The van der Waals surface area contributed by atoms with Crippen LogP contribution in [0.25, 0.3) is 0 Å². The van der Waals surface area contributed by atoms with Gasteiger partial charge in [-0.05, 0) is 30.0 Å². The average Bonchev–Trinajstić information content (AvgIpc) is 2.17. The fourth-order valence-electron chi connectivity index (χ4n) is 1.58. The molecule has 0 heterocycles. The number of hydrogen-bond donors (Lipinski definition) is 0. The van der Waals surface area contributed by atoms with E-state index in [0.717, 1.165) is 12.8 Å². The van der Waals surface area contributed by atoms with Crippen LogP contribution in [-0.2, 0) is 0 Å². The van der Waals surface area contributed by atoms with Crippen molar-refractivity contribution in [1.82, 2.24) is 0 Å². The fourth-order valence-corrected chi connectivity index (χ4v) is 1.58. The van der Waals surface area contributed by atoms with E-state index in [4.69, 9.17) is 5.26 Å². The maximum atomic E-state index is 13.2. The summed E-state index contributed by atoms with van der Waals surface area (Å²) < 4.78 is 26.5. The molecule has 3 heteroatoms. The van der Waals surface area contributed by atoms with Crippen LogP contribution in [0.3, 0.4) is 0 Å². The molecule has 1 nitrogen and oxygen atoms in total. The van der Waals surface area contributed by atoms with Gasteiger partial charge in [-0.2, -0.15) is 5.26 Å². The summed E-state index contributed by atoms with van der Waals surface area (Å²) in [4.78, 5) is 0. The molecule has 0 radical (unpaired) electrons. The van der Waals surface area contributed by atoms with Gasteiger partial charge in [-0.1, -0.05) is 20.3 Å². The van der Waals surface area contributed by atoms with Gasteiger partial charge in [0.15, 0.2) is 0 Å².